The third kappa shape index (κ3) is 5.97. The maximum Gasteiger partial charge on any atom is 0.287 e. The normalized spacial score (nSPS) is 12.9. The molecule has 0 aliphatic carbocycles. The quantitative estimate of drug-likeness (QED) is 0.630. The molecule has 2 atom stereocenters. The molecule has 2 aromatic carbocycles. The Labute approximate surface area is 170 Å². The van der Waals surface area contributed by atoms with E-state index in [-0.39, 0.29) is 24.4 Å². The zero-order chi connectivity index (χ0) is 20.7. The summed E-state index contributed by atoms with van der Waals surface area (Å²) in [7, 11) is 3.36. The molecule has 6 nitrogen and oxygen atoms in total. The number of hydrogen-bond acceptors (Lipinski definition) is 3. The van der Waals surface area contributed by atoms with E-state index in [1.54, 1.807) is 18.2 Å². The number of benzene rings is 2. The van der Waals surface area contributed by atoms with Gasteiger partial charge < -0.3 is 20.3 Å². The smallest absolute Gasteiger partial charge is 0.287 e. The molecule has 0 saturated carbocycles. The van der Waals surface area contributed by atoms with Gasteiger partial charge in [-0.05, 0) is 32.0 Å². The van der Waals surface area contributed by atoms with Crippen molar-refractivity contribution in [2.75, 3.05) is 26.0 Å². The summed E-state index contributed by atoms with van der Waals surface area (Å²) in [4.78, 5) is 26.1. The predicted molar refractivity (Wildman–Crippen MR) is 111 cm³/mol. The third-order valence-corrected chi connectivity index (χ3v) is 4.49. The monoisotopic (exact) mass is 404 g/mol. The van der Waals surface area contributed by atoms with Crippen molar-refractivity contribution in [2.45, 2.75) is 25.9 Å². The minimum atomic E-state index is -0.556. The molecule has 0 aromatic heterocycles. The van der Waals surface area contributed by atoms with E-state index >= 15 is 0 Å². The van der Waals surface area contributed by atoms with Gasteiger partial charge in [0.25, 0.3) is 11.8 Å². The fraction of sp³-hybridized carbons (Fsp3) is 0.333. The number of anilines is 1. The molecule has 1 unspecified atom stereocenters. The van der Waals surface area contributed by atoms with Crippen LogP contribution >= 0.6 is 11.6 Å². The number of amides is 2. The van der Waals surface area contributed by atoms with Gasteiger partial charge in [-0.15, -0.1) is 0 Å². The maximum atomic E-state index is 13.1. The highest BCUT2D eigenvalue weighted by molar-refractivity contribution is 6.32. The lowest BCUT2D eigenvalue weighted by Gasteiger charge is -2.24. The van der Waals surface area contributed by atoms with Crippen molar-refractivity contribution in [3.05, 3.63) is 59.1 Å². The number of nitrogens with one attached hydrogen (secondary N) is 3. The fourth-order valence-corrected chi connectivity index (χ4v) is 3.25. The number of likely N-dealkylation sites (N-methyl/N-ethyl adjacent to an activating group) is 1. The van der Waals surface area contributed by atoms with Gasteiger partial charge in [0, 0.05) is 17.3 Å². The second kappa shape index (κ2) is 10.1. The van der Waals surface area contributed by atoms with Gasteiger partial charge in [0.2, 0.25) is 0 Å². The van der Waals surface area contributed by atoms with E-state index in [1.165, 1.54) is 7.11 Å². The first-order valence-corrected chi connectivity index (χ1v) is 9.50. The van der Waals surface area contributed by atoms with Crippen LogP contribution in [0.25, 0.3) is 0 Å². The standard InChI is InChI=1S/C21H26ClN3O3/c1-14(2)23-19(26)13-25(3)20(15-8-6-5-7-9-15)21(27)24-16-10-11-18(28-4)17(22)12-16/h5-12,14,20H,13H2,1-4H3,(H,23,26)(H,24,27)/p+1/t20-/m1/s1. The van der Waals surface area contributed by atoms with Gasteiger partial charge in [0.1, 0.15) is 5.75 Å². The van der Waals surface area contributed by atoms with Crippen LogP contribution in [0.3, 0.4) is 0 Å². The molecule has 0 saturated heterocycles. The summed E-state index contributed by atoms with van der Waals surface area (Å²) in [5, 5.41) is 6.17. The molecule has 0 bridgehead atoms. The summed E-state index contributed by atoms with van der Waals surface area (Å²) in [6.45, 7) is 3.98. The number of rotatable bonds is 8. The first-order valence-electron chi connectivity index (χ1n) is 9.12. The average molecular weight is 405 g/mol. The Morgan fingerprint density at radius 3 is 2.39 bits per heavy atom. The second-order valence-corrected chi connectivity index (χ2v) is 7.33. The molecule has 0 aliphatic rings. The summed E-state index contributed by atoms with van der Waals surface area (Å²) in [6.07, 6.45) is 0. The molecule has 2 amide bonds. The van der Waals surface area contributed by atoms with E-state index in [2.05, 4.69) is 10.6 Å². The molecule has 28 heavy (non-hydrogen) atoms. The number of hydrogen-bond donors (Lipinski definition) is 3. The van der Waals surface area contributed by atoms with E-state index in [0.717, 1.165) is 10.5 Å². The van der Waals surface area contributed by atoms with Crippen molar-refractivity contribution in [1.29, 1.82) is 0 Å². The summed E-state index contributed by atoms with van der Waals surface area (Å²) >= 11 is 6.15. The Morgan fingerprint density at radius 1 is 1.14 bits per heavy atom. The van der Waals surface area contributed by atoms with Crippen LogP contribution in [-0.2, 0) is 9.59 Å². The molecule has 0 fully saturated rings. The van der Waals surface area contributed by atoms with E-state index in [0.29, 0.717) is 16.5 Å². The molecule has 7 heteroatoms. The van der Waals surface area contributed by atoms with Crippen molar-refractivity contribution in [2.24, 2.45) is 0 Å². The minimum Gasteiger partial charge on any atom is -0.495 e. The Kier molecular flexibility index (Phi) is 7.84. The molecule has 2 rings (SSSR count). The fourth-order valence-electron chi connectivity index (χ4n) is 2.99. The van der Waals surface area contributed by atoms with Crippen LogP contribution in [-0.4, -0.2) is 38.6 Å². The van der Waals surface area contributed by atoms with Crippen LogP contribution in [0, 0.1) is 0 Å². The number of methoxy groups -OCH3 is 1. The molecule has 0 aliphatic heterocycles. The largest absolute Gasteiger partial charge is 0.495 e. The highest BCUT2D eigenvalue weighted by Gasteiger charge is 2.30. The second-order valence-electron chi connectivity index (χ2n) is 6.93. The Morgan fingerprint density at radius 2 is 1.82 bits per heavy atom. The molecule has 0 radical (unpaired) electrons. The van der Waals surface area contributed by atoms with E-state index < -0.39 is 6.04 Å². The summed E-state index contributed by atoms with van der Waals surface area (Å²) in [5.41, 5.74) is 1.39. The van der Waals surface area contributed by atoms with E-state index in [1.807, 2.05) is 51.2 Å². The Bertz CT molecular complexity index is 812. The van der Waals surface area contributed by atoms with Crippen molar-refractivity contribution in [1.82, 2.24) is 5.32 Å². The van der Waals surface area contributed by atoms with Crippen molar-refractivity contribution >= 4 is 29.1 Å². The van der Waals surface area contributed by atoms with Crippen LogP contribution in [0.2, 0.25) is 5.02 Å². The molecule has 3 N–H and O–H groups in total. The first kappa shape index (κ1) is 21.7. The van der Waals surface area contributed by atoms with E-state index in [9.17, 15) is 9.59 Å². The van der Waals surface area contributed by atoms with Gasteiger partial charge in [0.05, 0.1) is 19.2 Å². The first-order chi connectivity index (χ1) is 13.3. The lowest BCUT2D eigenvalue weighted by Crippen LogP contribution is -3.11. The zero-order valence-corrected chi connectivity index (χ0v) is 17.3. The number of ether oxygens (including phenoxy) is 1. The summed E-state index contributed by atoms with van der Waals surface area (Å²) < 4.78 is 5.14. The van der Waals surface area contributed by atoms with Crippen LogP contribution in [0.5, 0.6) is 5.75 Å². The van der Waals surface area contributed by atoms with Crippen molar-refractivity contribution in [3.63, 3.8) is 0 Å². The maximum absolute atomic E-state index is 13.1. The van der Waals surface area contributed by atoms with Gasteiger partial charge >= 0.3 is 0 Å². The van der Waals surface area contributed by atoms with Crippen molar-refractivity contribution in [3.8, 4) is 5.75 Å². The highest BCUT2D eigenvalue weighted by Crippen LogP contribution is 2.27. The van der Waals surface area contributed by atoms with Gasteiger partial charge in [-0.3, -0.25) is 9.59 Å². The molecule has 0 heterocycles. The van der Waals surface area contributed by atoms with Crippen LogP contribution in [0.4, 0.5) is 5.69 Å². The SMILES string of the molecule is COc1ccc(NC(=O)[C@@H](c2ccccc2)[NH+](C)CC(=O)NC(C)C)cc1Cl. The van der Waals surface area contributed by atoms with Crippen molar-refractivity contribution < 1.29 is 19.2 Å². The number of carbonyl (C=O) groups excluding carboxylic acids is 2. The number of carbonyl (C=O) groups is 2. The van der Waals surface area contributed by atoms with Gasteiger partial charge in [0.15, 0.2) is 12.6 Å². The van der Waals surface area contributed by atoms with Crippen LogP contribution in [0.15, 0.2) is 48.5 Å². The summed E-state index contributed by atoms with van der Waals surface area (Å²) in [5.74, 6) is 0.211. The minimum absolute atomic E-state index is 0.0470. The topological polar surface area (TPSA) is 71.9 Å². The van der Waals surface area contributed by atoms with Gasteiger partial charge in [-0.1, -0.05) is 41.9 Å². The molecule has 2 aromatic rings. The predicted octanol–water partition coefficient (Wildman–Crippen LogP) is 2.07. The van der Waals surface area contributed by atoms with Gasteiger partial charge in [-0.2, -0.15) is 0 Å². The molecule has 0 spiro atoms. The van der Waals surface area contributed by atoms with Crippen LogP contribution < -0.4 is 20.3 Å². The number of halogens is 1. The Hall–Kier alpha value is -2.57. The lowest BCUT2D eigenvalue weighted by molar-refractivity contribution is -0.894. The highest BCUT2D eigenvalue weighted by atomic mass is 35.5. The molecular weight excluding hydrogens is 378 g/mol. The third-order valence-electron chi connectivity index (χ3n) is 4.20. The molecular formula is C21H27ClN3O3+. The van der Waals surface area contributed by atoms with E-state index in [4.69, 9.17) is 16.3 Å². The average Bonchev–Trinajstić information content (AvgIpc) is 2.62. The summed E-state index contributed by atoms with van der Waals surface area (Å²) in [6, 6.07) is 14.0. The van der Waals surface area contributed by atoms with Crippen LogP contribution in [0.1, 0.15) is 25.5 Å². The zero-order valence-electron chi connectivity index (χ0n) is 16.6. The number of quaternary nitrogens is 1. The molecule has 150 valence electrons. The van der Waals surface area contributed by atoms with Gasteiger partial charge in [-0.25, -0.2) is 0 Å². The lowest BCUT2D eigenvalue weighted by atomic mass is 10.0. The Balaban J connectivity index is 2.22.